The third kappa shape index (κ3) is 6.70. The number of carbonyl (C=O) groups excluding carboxylic acids is 3. The number of ether oxygens (including phenoxy) is 1. The molecule has 3 amide bonds. The lowest BCUT2D eigenvalue weighted by molar-refractivity contribution is -0.115. The maximum Gasteiger partial charge on any atom is 0.407 e. The number of nitrogens with one attached hydrogen (secondary N) is 4. The molecule has 0 unspecified atom stereocenters. The van der Waals surface area contributed by atoms with Crippen LogP contribution in [0.5, 0.6) is 0 Å². The van der Waals surface area contributed by atoms with Crippen LogP contribution in [0.15, 0.2) is 85.1 Å². The quantitative estimate of drug-likeness (QED) is 0.296. The van der Waals surface area contributed by atoms with Crippen LogP contribution in [0, 0.1) is 0 Å². The van der Waals surface area contributed by atoms with Crippen molar-refractivity contribution in [3.8, 4) is 0 Å². The predicted molar refractivity (Wildman–Crippen MR) is 134 cm³/mol. The summed E-state index contributed by atoms with van der Waals surface area (Å²) < 4.78 is 5.23. The summed E-state index contributed by atoms with van der Waals surface area (Å²) in [5.41, 5.74) is 3.87. The van der Waals surface area contributed by atoms with Gasteiger partial charge in [-0.05, 0) is 47.9 Å². The van der Waals surface area contributed by atoms with Crippen LogP contribution in [0.2, 0.25) is 0 Å². The van der Waals surface area contributed by atoms with E-state index in [2.05, 4.69) is 20.9 Å². The lowest BCUT2D eigenvalue weighted by atomic mass is 10.1. The molecule has 0 radical (unpaired) electrons. The van der Waals surface area contributed by atoms with E-state index in [0.717, 1.165) is 22.0 Å². The van der Waals surface area contributed by atoms with E-state index in [-0.39, 0.29) is 25.0 Å². The van der Waals surface area contributed by atoms with Gasteiger partial charge in [0.1, 0.15) is 6.61 Å². The topological polar surface area (TPSA) is 112 Å². The van der Waals surface area contributed by atoms with E-state index < -0.39 is 6.09 Å². The lowest BCUT2D eigenvalue weighted by Gasteiger charge is -2.08. The fourth-order valence-corrected chi connectivity index (χ4v) is 3.59. The van der Waals surface area contributed by atoms with Crippen LogP contribution < -0.4 is 16.0 Å². The van der Waals surface area contributed by atoms with E-state index in [4.69, 9.17) is 4.74 Å². The third-order valence-electron chi connectivity index (χ3n) is 5.37. The van der Waals surface area contributed by atoms with E-state index in [9.17, 15) is 14.4 Å². The van der Waals surface area contributed by atoms with E-state index >= 15 is 0 Å². The number of alkyl carbamates (subject to hydrolysis) is 1. The number of aromatic amines is 1. The molecular weight excluding hydrogens is 444 g/mol. The molecule has 1 aromatic heterocycles. The highest BCUT2D eigenvalue weighted by atomic mass is 16.5. The van der Waals surface area contributed by atoms with Crippen LogP contribution in [0.25, 0.3) is 10.9 Å². The number of H-pyrrole nitrogens is 1. The molecule has 0 saturated heterocycles. The van der Waals surface area contributed by atoms with Gasteiger partial charge in [-0.25, -0.2) is 4.79 Å². The zero-order valence-corrected chi connectivity index (χ0v) is 19.0. The molecule has 4 aromatic rings. The molecule has 1 heterocycles. The second-order valence-corrected chi connectivity index (χ2v) is 7.91. The summed E-state index contributed by atoms with van der Waals surface area (Å²) in [4.78, 5) is 39.8. The van der Waals surface area contributed by atoms with Crippen molar-refractivity contribution in [1.82, 2.24) is 15.6 Å². The average molecular weight is 471 g/mol. The maximum absolute atomic E-state index is 12.6. The Morgan fingerprint density at radius 2 is 1.60 bits per heavy atom. The van der Waals surface area contributed by atoms with Gasteiger partial charge >= 0.3 is 6.09 Å². The normalized spacial score (nSPS) is 10.5. The molecule has 0 aliphatic carbocycles. The van der Waals surface area contributed by atoms with Crippen molar-refractivity contribution in [2.24, 2.45) is 0 Å². The number of benzene rings is 3. The average Bonchev–Trinajstić information content (AvgIpc) is 3.29. The molecule has 178 valence electrons. The van der Waals surface area contributed by atoms with Crippen LogP contribution in [-0.4, -0.2) is 36.0 Å². The minimum atomic E-state index is -0.484. The van der Waals surface area contributed by atoms with Crippen LogP contribution in [-0.2, 0) is 22.6 Å². The van der Waals surface area contributed by atoms with Gasteiger partial charge in [0.05, 0.1) is 6.54 Å². The molecule has 0 fully saturated rings. The van der Waals surface area contributed by atoms with Gasteiger partial charge in [-0.2, -0.15) is 0 Å². The molecule has 8 heteroatoms. The number of hydrogen-bond donors (Lipinski definition) is 4. The molecular formula is C27H26N4O4. The Kier molecular flexibility index (Phi) is 7.75. The van der Waals surface area contributed by atoms with Crippen molar-refractivity contribution in [1.29, 1.82) is 0 Å². The monoisotopic (exact) mass is 470 g/mol. The standard InChI is InChI=1S/C27H26N4O4/c32-25(31-22-9-5-2-6-10-22)17-30-26(33)20-11-12-24-23(15-20)21(16-29-24)13-14-28-27(34)35-18-19-7-3-1-4-8-19/h1-12,15-16,29H,13-14,17-18H2,(H,28,34)(H,30,33)(H,31,32). The Labute approximate surface area is 202 Å². The van der Waals surface area contributed by atoms with Gasteiger partial charge in [-0.15, -0.1) is 0 Å². The maximum atomic E-state index is 12.6. The van der Waals surface area contributed by atoms with Gasteiger partial charge in [0, 0.05) is 34.9 Å². The first-order valence-electron chi connectivity index (χ1n) is 11.3. The summed E-state index contributed by atoms with van der Waals surface area (Å²) in [7, 11) is 0. The van der Waals surface area contributed by atoms with Crippen LogP contribution >= 0.6 is 0 Å². The number of para-hydroxylation sites is 1. The molecule has 35 heavy (non-hydrogen) atoms. The zero-order valence-electron chi connectivity index (χ0n) is 19.0. The predicted octanol–water partition coefficient (Wildman–Crippen LogP) is 4.01. The second kappa shape index (κ2) is 11.5. The largest absolute Gasteiger partial charge is 0.445 e. The van der Waals surface area contributed by atoms with Gasteiger partial charge < -0.3 is 25.7 Å². The molecule has 4 N–H and O–H groups in total. The fourth-order valence-electron chi connectivity index (χ4n) is 3.59. The van der Waals surface area contributed by atoms with Gasteiger partial charge in [0.15, 0.2) is 0 Å². The molecule has 0 atom stereocenters. The number of fused-ring (bicyclic) bond motifs is 1. The molecule has 0 bridgehead atoms. The first-order chi connectivity index (χ1) is 17.1. The Balaban J connectivity index is 1.27. The molecule has 0 saturated carbocycles. The Hall–Kier alpha value is -4.59. The summed E-state index contributed by atoms with van der Waals surface area (Å²) in [6, 6.07) is 23.8. The van der Waals surface area contributed by atoms with E-state index in [0.29, 0.717) is 24.2 Å². The number of carbonyl (C=O) groups is 3. The third-order valence-corrected chi connectivity index (χ3v) is 5.37. The van der Waals surface area contributed by atoms with Crippen molar-refractivity contribution < 1.29 is 19.1 Å². The van der Waals surface area contributed by atoms with E-state index in [1.54, 1.807) is 24.3 Å². The van der Waals surface area contributed by atoms with E-state index in [1.165, 1.54) is 0 Å². The number of anilines is 1. The van der Waals surface area contributed by atoms with Gasteiger partial charge in [0.2, 0.25) is 5.91 Å². The Bertz CT molecular complexity index is 1300. The first-order valence-corrected chi connectivity index (χ1v) is 11.3. The molecule has 0 aliphatic rings. The first kappa shape index (κ1) is 23.6. The fraction of sp³-hybridized carbons (Fsp3) is 0.148. The highest BCUT2D eigenvalue weighted by Crippen LogP contribution is 2.20. The Morgan fingerprint density at radius 1 is 0.857 bits per heavy atom. The second-order valence-electron chi connectivity index (χ2n) is 7.91. The minimum absolute atomic E-state index is 0.138. The summed E-state index contributed by atoms with van der Waals surface area (Å²) >= 11 is 0. The number of rotatable bonds is 9. The summed E-state index contributed by atoms with van der Waals surface area (Å²) in [5, 5.41) is 9.00. The number of aromatic nitrogens is 1. The number of amides is 3. The molecule has 0 aliphatic heterocycles. The smallest absolute Gasteiger partial charge is 0.407 e. The number of hydrogen-bond acceptors (Lipinski definition) is 4. The Morgan fingerprint density at radius 3 is 2.37 bits per heavy atom. The summed E-state index contributed by atoms with van der Waals surface area (Å²) in [6.45, 7) is 0.457. The van der Waals surface area contributed by atoms with Crippen LogP contribution in [0.4, 0.5) is 10.5 Å². The lowest BCUT2D eigenvalue weighted by Crippen LogP contribution is -2.32. The van der Waals surface area contributed by atoms with Crippen molar-refractivity contribution in [2.75, 3.05) is 18.4 Å². The molecule has 8 nitrogen and oxygen atoms in total. The molecule has 0 spiro atoms. The highest BCUT2D eigenvalue weighted by molar-refractivity contribution is 6.01. The summed E-state index contributed by atoms with van der Waals surface area (Å²) in [5.74, 6) is -0.650. The van der Waals surface area contributed by atoms with Gasteiger partial charge in [0.25, 0.3) is 5.91 Å². The zero-order chi connectivity index (χ0) is 24.5. The molecule has 4 rings (SSSR count). The van der Waals surface area contributed by atoms with Crippen molar-refractivity contribution in [3.63, 3.8) is 0 Å². The van der Waals surface area contributed by atoms with Crippen molar-refractivity contribution in [2.45, 2.75) is 13.0 Å². The molecule has 3 aromatic carbocycles. The van der Waals surface area contributed by atoms with Crippen molar-refractivity contribution in [3.05, 3.63) is 102 Å². The van der Waals surface area contributed by atoms with Crippen LogP contribution in [0.1, 0.15) is 21.5 Å². The van der Waals surface area contributed by atoms with Crippen LogP contribution in [0.3, 0.4) is 0 Å². The highest BCUT2D eigenvalue weighted by Gasteiger charge is 2.12. The minimum Gasteiger partial charge on any atom is -0.445 e. The summed E-state index contributed by atoms with van der Waals surface area (Å²) in [6.07, 6.45) is 1.93. The van der Waals surface area contributed by atoms with Gasteiger partial charge in [-0.3, -0.25) is 9.59 Å². The van der Waals surface area contributed by atoms with E-state index in [1.807, 2.05) is 60.8 Å². The SMILES string of the molecule is O=C(CNC(=O)c1ccc2[nH]cc(CCNC(=O)OCc3ccccc3)c2c1)Nc1ccccc1. The van der Waals surface area contributed by atoms with Gasteiger partial charge in [-0.1, -0.05) is 48.5 Å². The van der Waals surface area contributed by atoms with Crippen molar-refractivity contribution >= 4 is 34.5 Å².